The van der Waals surface area contributed by atoms with Gasteiger partial charge in [0.2, 0.25) is 5.91 Å². The number of hydrogen-bond donors (Lipinski definition) is 1. The molecule has 18 heavy (non-hydrogen) atoms. The van der Waals surface area contributed by atoms with Crippen LogP contribution in [0.25, 0.3) is 0 Å². The molecule has 2 unspecified atom stereocenters. The number of likely N-dealkylation sites (N-methyl/N-ethyl adjacent to an activating group) is 2. The first-order chi connectivity index (χ1) is 8.54. The molecular formula is C14H29N3O. The van der Waals surface area contributed by atoms with Gasteiger partial charge in [-0.2, -0.15) is 0 Å². The molecule has 4 heteroatoms. The van der Waals surface area contributed by atoms with Gasteiger partial charge in [-0.1, -0.05) is 0 Å². The van der Waals surface area contributed by atoms with E-state index in [1.165, 1.54) is 12.8 Å². The van der Waals surface area contributed by atoms with Gasteiger partial charge in [0.15, 0.2) is 0 Å². The third-order valence-corrected chi connectivity index (χ3v) is 3.68. The number of carbonyl (C=O) groups excluding carboxylic acids is 1. The lowest BCUT2D eigenvalue weighted by Crippen LogP contribution is -2.45. The van der Waals surface area contributed by atoms with Crippen LogP contribution in [0.5, 0.6) is 0 Å². The van der Waals surface area contributed by atoms with Crippen molar-refractivity contribution in [2.75, 3.05) is 40.3 Å². The number of rotatable bonds is 6. The van der Waals surface area contributed by atoms with Crippen LogP contribution in [0.1, 0.15) is 33.1 Å². The van der Waals surface area contributed by atoms with Crippen molar-refractivity contribution in [1.82, 2.24) is 15.1 Å². The summed E-state index contributed by atoms with van der Waals surface area (Å²) in [5.41, 5.74) is 0. The minimum Gasteiger partial charge on any atom is -0.339 e. The third-order valence-electron chi connectivity index (χ3n) is 3.68. The molecule has 1 rings (SSSR count). The number of amides is 1. The van der Waals surface area contributed by atoms with Gasteiger partial charge in [0, 0.05) is 25.6 Å². The summed E-state index contributed by atoms with van der Waals surface area (Å²) in [5, 5.41) is 3.38. The maximum atomic E-state index is 12.3. The highest BCUT2D eigenvalue weighted by atomic mass is 16.2. The fourth-order valence-electron chi connectivity index (χ4n) is 2.82. The first-order valence-electron chi connectivity index (χ1n) is 7.19. The maximum Gasteiger partial charge on any atom is 0.223 e. The molecule has 0 spiro atoms. The van der Waals surface area contributed by atoms with Crippen molar-refractivity contribution in [3.05, 3.63) is 0 Å². The minimum atomic E-state index is 0.300. The molecule has 0 aliphatic carbocycles. The molecule has 0 radical (unpaired) electrons. The highest BCUT2D eigenvalue weighted by Gasteiger charge is 2.23. The molecule has 0 aromatic rings. The second-order valence-corrected chi connectivity index (χ2v) is 5.71. The van der Waals surface area contributed by atoms with Crippen LogP contribution in [0.4, 0.5) is 0 Å². The van der Waals surface area contributed by atoms with E-state index < -0.39 is 0 Å². The summed E-state index contributed by atoms with van der Waals surface area (Å²) < 4.78 is 0. The smallest absolute Gasteiger partial charge is 0.223 e. The number of nitrogens with one attached hydrogen (secondary N) is 1. The summed E-state index contributed by atoms with van der Waals surface area (Å²) >= 11 is 0. The average molecular weight is 255 g/mol. The number of carbonyl (C=O) groups is 1. The molecule has 1 aliphatic heterocycles. The quantitative estimate of drug-likeness (QED) is 0.774. The van der Waals surface area contributed by atoms with E-state index in [2.05, 4.69) is 38.2 Å². The van der Waals surface area contributed by atoms with Crippen molar-refractivity contribution in [2.24, 2.45) is 5.92 Å². The average Bonchev–Trinajstić information content (AvgIpc) is 2.30. The second-order valence-electron chi connectivity index (χ2n) is 5.71. The van der Waals surface area contributed by atoms with E-state index in [0.717, 1.165) is 26.2 Å². The summed E-state index contributed by atoms with van der Waals surface area (Å²) in [5.74, 6) is 0.854. The van der Waals surface area contributed by atoms with Crippen molar-refractivity contribution < 1.29 is 4.79 Å². The van der Waals surface area contributed by atoms with Crippen LogP contribution in [-0.4, -0.2) is 62.0 Å². The van der Waals surface area contributed by atoms with Crippen LogP contribution in [-0.2, 0) is 4.79 Å². The fourth-order valence-corrected chi connectivity index (χ4v) is 2.82. The Kier molecular flexibility index (Phi) is 6.65. The van der Waals surface area contributed by atoms with Crippen LogP contribution in [0, 0.1) is 5.92 Å². The molecule has 106 valence electrons. The van der Waals surface area contributed by atoms with Gasteiger partial charge >= 0.3 is 0 Å². The van der Waals surface area contributed by atoms with Gasteiger partial charge in [-0.15, -0.1) is 0 Å². The second kappa shape index (κ2) is 7.74. The van der Waals surface area contributed by atoms with Crippen molar-refractivity contribution in [2.45, 2.75) is 39.2 Å². The summed E-state index contributed by atoms with van der Waals surface area (Å²) in [7, 11) is 4.11. The predicted octanol–water partition coefficient (Wildman–Crippen LogP) is 1.17. The van der Waals surface area contributed by atoms with E-state index in [9.17, 15) is 4.79 Å². The number of piperidine rings is 1. The first kappa shape index (κ1) is 15.4. The standard InChI is InChI=1S/C14H29N3O/c1-5-17(12(2)11-16(3)4)14(18)9-13-7-6-8-15-10-13/h12-13,15H,5-11H2,1-4H3. The number of hydrogen-bond acceptors (Lipinski definition) is 3. The molecular weight excluding hydrogens is 226 g/mol. The van der Waals surface area contributed by atoms with Crippen molar-refractivity contribution in [3.63, 3.8) is 0 Å². The molecule has 2 atom stereocenters. The molecule has 0 bridgehead atoms. The SMILES string of the molecule is CCN(C(=O)CC1CCCNC1)C(C)CN(C)C. The van der Waals surface area contributed by atoms with E-state index in [4.69, 9.17) is 0 Å². The van der Waals surface area contributed by atoms with Gasteiger partial charge in [-0.3, -0.25) is 4.79 Å². The predicted molar refractivity (Wildman–Crippen MR) is 75.6 cm³/mol. The Balaban J connectivity index is 2.45. The minimum absolute atomic E-state index is 0.300. The highest BCUT2D eigenvalue weighted by Crippen LogP contribution is 2.16. The Morgan fingerprint density at radius 3 is 2.67 bits per heavy atom. The van der Waals surface area contributed by atoms with E-state index in [0.29, 0.717) is 24.3 Å². The molecule has 1 heterocycles. The molecule has 4 nitrogen and oxygen atoms in total. The van der Waals surface area contributed by atoms with E-state index in [1.807, 2.05) is 4.90 Å². The Morgan fingerprint density at radius 1 is 1.44 bits per heavy atom. The van der Waals surface area contributed by atoms with Crippen LogP contribution >= 0.6 is 0 Å². The van der Waals surface area contributed by atoms with Crippen molar-refractivity contribution >= 4 is 5.91 Å². The van der Waals surface area contributed by atoms with Gasteiger partial charge < -0.3 is 15.1 Å². The molecule has 1 saturated heterocycles. The zero-order valence-corrected chi connectivity index (χ0v) is 12.4. The molecule has 0 aromatic heterocycles. The number of nitrogens with zero attached hydrogens (tertiary/aromatic N) is 2. The lowest BCUT2D eigenvalue weighted by Gasteiger charge is -2.32. The van der Waals surface area contributed by atoms with Gasteiger partial charge in [-0.05, 0) is 59.8 Å². The van der Waals surface area contributed by atoms with Gasteiger partial charge in [0.1, 0.15) is 0 Å². The summed E-state index contributed by atoms with van der Waals surface area (Å²) in [4.78, 5) is 16.5. The molecule has 0 aromatic carbocycles. The van der Waals surface area contributed by atoms with E-state index >= 15 is 0 Å². The van der Waals surface area contributed by atoms with E-state index in [1.54, 1.807) is 0 Å². The first-order valence-corrected chi connectivity index (χ1v) is 7.19. The van der Waals surface area contributed by atoms with Crippen LogP contribution in [0.15, 0.2) is 0 Å². The van der Waals surface area contributed by atoms with Crippen molar-refractivity contribution in [3.8, 4) is 0 Å². The zero-order chi connectivity index (χ0) is 13.5. The van der Waals surface area contributed by atoms with Crippen LogP contribution < -0.4 is 5.32 Å². The lowest BCUT2D eigenvalue weighted by molar-refractivity contribution is -0.134. The van der Waals surface area contributed by atoms with E-state index in [-0.39, 0.29) is 0 Å². The summed E-state index contributed by atoms with van der Waals surface area (Å²) in [6, 6.07) is 0.300. The normalized spacial score (nSPS) is 21.9. The molecule has 1 fully saturated rings. The largest absolute Gasteiger partial charge is 0.339 e. The Labute approximate surface area is 112 Å². The Morgan fingerprint density at radius 2 is 2.17 bits per heavy atom. The van der Waals surface area contributed by atoms with Crippen molar-refractivity contribution in [1.29, 1.82) is 0 Å². The zero-order valence-electron chi connectivity index (χ0n) is 12.4. The third kappa shape index (κ3) is 4.94. The highest BCUT2D eigenvalue weighted by molar-refractivity contribution is 5.76. The van der Waals surface area contributed by atoms with Gasteiger partial charge in [0.25, 0.3) is 0 Å². The van der Waals surface area contributed by atoms with Crippen LogP contribution in [0.3, 0.4) is 0 Å². The maximum absolute atomic E-state index is 12.3. The Bertz CT molecular complexity index is 249. The van der Waals surface area contributed by atoms with Gasteiger partial charge in [-0.25, -0.2) is 0 Å². The monoisotopic (exact) mass is 255 g/mol. The molecule has 0 saturated carbocycles. The molecule has 1 amide bonds. The van der Waals surface area contributed by atoms with Gasteiger partial charge in [0.05, 0.1) is 0 Å². The summed E-state index contributed by atoms with van der Waals surface area (Å²) in [6.45, 7) is 8.07. The summed E-state index contributed by atoms with van der Waals surface area (Å²) in [6.07, 6.45) is 3.11. The Hall–Kier alpha value is -0.610. The molecule has 1 aliphatic rings. The topological polar surface area (TPSA) is 35.6 Å². The fraction of sp³-hybridized carbons (Fsp3) is 0.929. The molecule has 1 N–H and O–H groups in total. The lowest BCUT2D eigenvalue weighted by atomic mass is 9.95. The van der Waals surface area contributed by atoms with Crippen LogP contribution in [0.2, 0.25) is 0 Å².